The van der Waals surface area contributed by atoms with Crippen molar-refractivity contribution in [3.8, 4) is 21.8 Å². The van der Waals surface area contributed by atoms with Crippen molar-refractivity contribution >= 4 is 34.0 Å². The van der Waals surface area contributed by atoms with Gasteiger partial charge in [0.05, 0.1) is 31.9 Å². The average Bonchev–Trinajstić information content (AvgIpc) is 3.41. The highest BCUT2D eigenvalue weighted by Gasteiger charge is 2.21. The van der Waals surface area contributed by atoms with Gasteiger partial charge >= 0.3 is 0 Å². The predicted octanol–water partition coefficient (Wildman–Crippen LogP) is 6.35. The lowest BCUT2D eigenvalue weighted by molar-refractivity contribution is 0.389. The van der Waals surface area contributed by atoms with Gasteiger partial charge in [0.15, 0.2) is 11.0 Å². The second-order valence-corrected chi connectivity index (χ2v) is 12.1. The first-order valence-electron chi connectivity index (χ1n) is 13.0. The zero-order valence-electron chi connectivity index (χ0n) is 22.0. The van der Waals surface area contributed by atoms with Gasteiger partial charge in [-0.1, -0.05) is 13.8 Å². The van der Waals surface area contributed by atoms with E-state index in [0.29, 0.717) is 28.8 Å². The molecule has 4 aromatic rings. The Morgan fingerprint density at radius 1 is 1.05 bits per heavy atom. The molecule has 1 fully saturated rings. The molecule has 5 rings (SSSR count). The third-order valence-electron chi connectivity index (χ3n) is 6.57. The van der Waals surface area contributed by atoms with Crippen LogP contribution in [0.5, 0.6) is 0 Å². The first kappa shape index (κ1) is 28.2. The summed E-state index contributed by atoms with van der Waals surface area (Å²) in [4.78, 5) is 14.3. The highest BCUT2D eigenvalue weighted by atomic mass is 32.2. The van der Waals surface area contributed by atoms with Crippen LogP contribution in [0.4, 0.5) is 24.8 Å². The largest absolute Gasteiger partial charge is 0.354 e. The minimum absolute atomic E-state index is 0.128. The van der Waals surface area contributed by atoms with Crippen molar-refractivity contribution in [3.63, 3.8) is 0 Å². The molecule has 2 aromatic carbocycles. The van der Waals surface area contributed by atoms with Crippen LogP contribution in [0.25, 0.3) is 21.8 Å². The van der Waals surface area contributed by atoms with Crippen LogP contribution >= 0.6 is 11.3 Å². The zero-order valence-corrected chi connectivity index (χ0v) is 23.6. The third kappa shape index (κ3) is 6.51. The quantitative estimate of drug-likeness (QED) is 0.212. The lowest BCUT2D eigenvalue weighted by Crippen LogP contribution is -2.31. The van der Waals surface area contributed by atoms with Crippen molar-refractivity contribution < 1.29 is 17.4 Å². The summed E-state index contributed by atoms with van der Waals surface area (Å²) in [6.07, 6.45) is 3.89. The number of rotatable bonds is 9. The summed E-state index contributed by atoms with van der Waals surface area (Å²) in [5.74, 6) is -1.09. The number of thiazole rings is 1. The van der Waals surface area contributed by atoms with Crippen molar-refractivity contribution in [2.45, 2.75) is 37.5 Å². The molecule has 1 aliphatic rings. The second kappa shape index (κ2) is 12.4. The van der Waals surface area contributed by atoms with Crippen LogP contribution in [-0.2, 0) is 11.0 Å². The van der Waals surface area contributed by atoms with E-state index in [1.54, 1.807) is 18.3 Å². The van der Waals surface area contributed by atoms with Gasteiger partial charge < -0.3 is 10.6 Å². The summed E-state index contributed by atoms with van der Waals surface area (Å²) in [6.45, 7) is 6.87. The molecule has 0 saturated carbocycles. The van der Waals surface area contributed by atoms with Gasteiger partial charge in [0, 0.05) is 24.2 Å². The molecule has 2 aromatic heterocycles. The van der Waals surface area contributed by atoms with Crippen LogP contribution in [0.1, 0.15) is 37.6 Å². The summed E-state index contributed by atoms with van der Waals surface area (Å²) in [5, 5.41) is 7.60. The smallest absolute Gasteiger partial charge is 0.223 e. The number of hydrogen-bond donors (Lipinski definition) is 3. The van der Waals surface area contributed by atoms with Gasteiger partial charge in [-0.3, -0.25) is 4.72 Å². The van der Waals surface area contributed by atoms with Crippen LogP contribution in [0.2, 0.25) is 0 Å². The first-order valence-corrected chi connectivity index (χ1v) is 15.0. The maximum absolute atomic E-state index is 14.8. The molecule has 0 amide bonds. The van der Waals surface area contributed by atoms with Gasteiger partial charge in [0.25, 0.3) is 0 Å². The first-order chi connectivity index (χ1) is 19.3. The number of aromatic nitrogens is 3. The van der Waals surface area contributed by atoms with Crippen LogP contribution in [0.3, 0.4) is 0 Å². The minimum atomic E-state index is -2.24. The van der Waals surface area contributed by atoms with Crippen molar-refractivity contribution in [3.05, 3.63) is 71.1 Å². The van der Waals surface area contributed by atoms with Crippen molar-refractivity contribution in [1.29, 1.82) is 0 Å². The molecule has 12 heteroatoms. The van der Waals surface area contributed by atoms with Crippen LogP contribution < -0.4 is 15.4 Å². The Balaban J connectivity index is 1.45. The molecule has 0 spiro atoms. The molecule has 210 valence electrons. The van der Waals surface area contributed by atoms with Crippen molar-refractivity contribution in [1.82, 2.24) is 20.3 Å². The summed E-state index contributed by atoms with van der Waals surface area (Å²) in [6, 6.07) is 8.69. The predicted molar refractivity (Wildman–Crippen MR) is 153 cm³/mol. The van der Waals surface area contributed by atoms with E-state index in [-0.39, 0.29) is 11.6 Å². The Hall–Kier alpha value is -3.35. The molecule has 0 aliphatic carbocycles. The number of piperidine rings is 1. The summed E-state index contributed by atoms with van der Waals surface area (Å²) >= 11 is 1.49. The topological polar surface area (TPSA) is 91.8 Å². The zero-order chi connectivity index (χ0) is 28.2. The molecule has 40 heavy (non-hydrogen) atoms. The van der Waals surface area contributed by atoms with E-state index in [1.807, 2.05) is 13.8 Å². The Labute approximate surface area is 237 Å². The van der Waals surface area contributed by atoms with E-state index in [4.69, 9.17) is 9.97 Å². The molecule has 1 saturated heterocycles. The molecule has 7 nitrogen and oxygen atoms in total. The SMILES string of the molecule is CC(C)c1nc(-c2ccc(F)c(NS(=O)c3cc(F)ccc3F)c2)c(-c2ccnc(NCC3CCNCC3)n2)s1. The fourth-order valence-electron chi connectivity index (χ4n) is 4.37. The summed E-state index contributed by atoms with van der Waals surface area (Å²) < 4.78 is 57.8. The van der Waals surface area contributed by atoms with Gasteiger partial charge in [-0.25, -0.2) is 32.3 Å². The van der Waals surface area contributed by atoms with Crippen LogP contribution in [0.15, 0.2) is 53.6 Å². The van der Waals surface area contributed by atoms with E-state index in [2.05, 4.69) is 20.3 Å². The molecular weight excluding hydrogens is 557 g/mol. The summed E-state index contributed by atoms with van der Waals surface area (Å²) in [5.41, 5.74) is 1.69. The van der Waals surface area contributed by atoms with Gasteiger partial charge in [-0.15, -0.1) is 11.3 Å². The molecule has 1 atom stereocenters. The Morgan fingerprint density at radius 3 is 2.60 bits per heavy atom. The number of halogens is 3. The molecule has 0 radical (unpaired) electrons. The number of nitrogens with one attached hydrogen (secondary N) is 3. The summed E-state index contributed by atoms with van der Waals surface area (Å²) in [7, 11) is -2.24. The number of benzene rings is 2. The average molecular weight is 587 g/mol. The Morgan fingerprint density at radius 2 is 1.82 bits per heavy atom. The lowest BCUT2D eigenvalue weighted by Gasteiger charge is -2.22. The van der Waals surface area contributed by atoms with Crippen LogP contribution in [-0.4, -0.2) is 38.8 Å². The Bertz CT molecular complexity index is 1520. The molecule has 3 N–H and O–H groups in total. The molecule has 0 bridgehead atoms. The monoisotopic (exact) mass is 586 g/mol. The van der Waals surface area contributed by atoms with E-state index < -0.39 is 33.3 Å². The highest BCUT2D eigenvalue weighted by Crippen LogP contribution is 2.39. The standard InChI is InChI=1S/C28H29F3N6OS2/c1-16(2)27-36-25(26(39-27)22-9-12-33-28(35-22)34-15-17-7-10-32-11-8-17)18-3-5-20(30)23(13-18)37-40(38)24-14-19(29)4-6-21(24)31/h3-6,9,12-14,16-17,32,37H,7-8,10-11,15H2,1-2H3,(H,33,34,35). The van der Waals surface area contributed by atoms with E-state index in [9.17, 15) is 17.4 Å². The van der Waals surface area contributed by atoms with E-state index in [0.717, 1.165) is 60.6 Å². The number of hydrogen-bond acceptors (Lipinski definition) is 7. The highest BCUT2D eigenvalue weighted by molar-refractivity contribution is 7.86. The lowest BCUT2D eigenvalue weighted by atomic mass is 9.98. The fraction of sp³-hybridized carbons (Fsp3) is 0.321. The molecule has 1 unspecified atom stereocenters. The van der Waals surface area contributed by atoms with Gasteiger partial charge in [-0.2, -0.15) is 0 Å². The molecule has 1 aliphatic heterocycles. The van der Waals surface area contributed by atoms with E-state index in [1.165, 1.54) is 23.5 Å². The number of nitrogens with zero attached hydrogens (tertiary/aromatic N) is 3. The van der Waals surface area contributed by atoms with E-state index >= 15 is 0 Å². The maximum atomic E-state index is 14.8. The normalized spacial score (nSPS) is 14.8. The van der Waals surface area contributed by atoms with Gasteiger partial charge in [-0.05, 0) is 74.3 Å². The number of anilines is 2. The molecule has 3 heterocycles. The Kier molecular flexibility index (Phi) is 8.77. The third-order valence-corrected chi connectivity index (χ3v) is 9.06. The second-order valence-electron chi connectivity index (χ2n) is 9.86. The van der Waals surface area contributed by atoms with Crippen molar-refractivity contribution in [2.24, 2.45) is 5.92 Å². The maximum Gasteiger partial charge on any atom is 0.223 e. The molecular formula is C28H29F3N6OS2. The van der Waals surface area contributed by atoms with Crippen LogP contribution in [0, 0.1) is 23.4 Å². The minimum Gasteiger partial charge on any atom is -0.354 e. The van der Waals surface area contributed by atoms with Gasteiger partial charge in [0.2, 0.25) is 5.95 Å². The van der Waals surface area contributed by atoms with Crippen molar-refractivity contribution in [2.75, 3.05) is 29.7 Å². The fourth-order valence-corrected chi connectivity index (χ4v) is 6.36. The van der Waals surface area contributed by atoms with Gasteiger partial charge in [0.1, 0.15) is 17.5 Å².